The van der Waals surface area contributed by atoms with E-state index in [9.17, 15) is 4.79 Å². The van der Waals surface area contributed by atoms with Crippen molar-refractivity contribution < 1.29 is 4.79 Å². The van der Waals surface area contributed by atoms with E-state index in [2.05, 4.69) is 81.5 Å². The Bertz CT molecular complexity index is 1510. The monoisotopic (exact) mass is 489 g/mol. The van der Waals surface area contributed by atoms with Crippen molar-refractivity contribution in [2.24, 2.45) is 0 Å². The molecule has 1 saturated heterocycles. The molecule has 6 nitrogen and oxygen atoms in total. The number of hydrogen-bond acceptors (Lipinski definition) is 3. The van der Waals surface area contributed by atoms with Gasteiger partial charge in [-0.2, -0.15) is 0 Å². The number of fused-ring (bicyclic) bond motifs is 2. The highest BCUT2D eigenvalue weighted by Gasteiger charge is 2.23. The highest BCUT2D eigenvalue weighted by Crippen LogP contribution is 2.21. The van der Waals surface area contributed by atoms with E-state index in [4.69, 9.17) is 4.98 Å². The Morgan fingerprint density at radius 2 is 1.49 bits per heavy atom. The van der Waals surface area contributed by atoms with E-state index in [-0.39, 0.29) is 6.03 Å². The van der Waals surface area contributed by atoms with Gasteiger partial charge in [0, 0.05) is 39.3 Å². The van der Waals surface area contributed by atoms with Crippen LogP contribution in [0.5, 0.6) is 0 Å². The van der Waals surface area contributed by atoms with Gasteiger partial charge < -0.3 is 14.8 Å². The number of amides is 2. The Balaban J connectivity index is 1.09. The second kappa shape index (κ2) is 10.4. The number of hydrogen-bond donors (Lipinski definition) is 1. The van der Waals surface area contributed by atoms with Gasteiger partial charge in [0.2, 0.25) is 0 Å². The third-order valence-corrected chi connectivity index (χ3v) is 7.25. The quantitative estimate of drug-likeness (QED) is 0.354. The van der Waals surface area contributed by atoms with E-state index in [0.717, 1.165) is 48.6 Å². The molecule has 1 aliphatic heterocycles. The first kappa shape index (κ1) is 23.3. The normalized spacial score (nSPS) is 14.3. The fourth-order valence-corrected chi connectivity index (χ4v) is 5.23. The van der Waals surface area contributed by atoms with Crippen molar-refractivity contribution >= 4 is 27.8 Å². The average molecular weight is 490 g/mol. The van der Waals surface area contributed by atoms with Gasteiger partial charge >= 0.3 is 6.03 Å². The fraction of sp³-hybridized carbons (Fsp3) is 0.226. The molecule has 1 N–H and O–H groups in total. The molecule has 37 heavy (non-hydrogen) atoms. The molecule has 2 amide bonds. The first-order valence-electron chi connectivity index (χ1n) is 12.9. The van der Waals surface area contributed by atoms with Crippen LogP contribution in [-0.4, -0.2) is 51.6 Å². The molecule has 6 heteroatoms. The minimum atomic E-state index is 0.00361. The molecule has 6 rings (SSSR count). The SMILES string of the molecule is O=C(NCc1cccc2ccccc12)N1CCN(Cc2nc3ccccc3n2Cc2ccccc2)CC1. The summed E-state index contributed by atoms with van der Waals surface area (Å²) in [5.74, 6) is 1.07. The van der Waals surface area contributed by atoms with E-state index in [1.807, 2.05) is 35.2 Å². The van der Waals surface area contributed by atoms with Crippen molar-refractivity contribution in [1.29, 1.82) is 0 Å². The molecule has 0 bridgehead atoms. The largest absolute Gasteiger partial charge is 0.334 e. The van der Waals surface area contributed by atoms with Gasteiger partial charge in [-0.25, -0.2) is 9.78 Å². The molecule has 186 valence electrons. The summed E-state index contributed by atoms with van der Waals surface area (Å²) in [5, 5.41) is 5.52. The summed E-state index contributed by atoms with van der Waals surface area (Å²) in [6, 6.07) is 33.4. The van der Waals surface area contributed by atoms with Crippen LogP contribution < -0.4 is 5.32 Å². The Hall–Kier alpha value is -4.16. The van der Waals surface area contributed by atoms with E-state index in [1.54, 1.807) is 0 Å². The highest BCUT2D eigenvalue weighted by atomic mass is 16.2. The third kappa shape index (κ3) is 5.06. The molecule has 0 saturated carbocycles. The zero-order chi connectivity index (χ0) is 25.0. The van der Waals surface area contributed by atoms with Crippen molar-refractivity contribution in [2.45, 2.75) is 19.6 Å². The van der Waals surface area contributed by atoms with Gasteiger partial charge in [-0.1, -0.05) is 84.9 Å². The van der Waals surface area contributed by atoms with Gasteiger partial charge in [0.1, 0.15) is 5.82 Å². The minimum absolute atomic E-state index is 0.00361. The van der Waals surface area contributed by atoms with Gasteiger partial charge in [0.25, 0.3) is 0 Å². The first-order valence-corrected chi connectivity index (χ1v) is 12.9. The summed E-state index contributed by atoms with van der Waals surface area (Å²) in [6.45, 7) is 5.18. The molecule has 0 radical (unpaired) electrons. The second-order valence-corrected chi connectivity index (χ2v) is 9.65. The number of aromatic nitrogens is 2. The van der Waals surface area contributed by atoms with Crippen LogP contribution in [0.2, 0.25) is 0 Å². The average Bonchev–Trinajstić information content (AvgIpc) is 3.29. The lowest BCUT2D eigenvalue weighted by atomic mass is 10.0. The van der Waals surface area contributed by atoms with Crippen molar-refractivity contribution in [3.63, 3.8) is 0 Å². The molecule has 1 aliphatic rings. The molecule has 0 atom stereocenters. The van der Waals surface area contributed by atoms with Gasteiger partial charge in [0.05, 0.1) is 17.6 Å². The summed E-state index contributed by atoms with van der Waals surface area (Å²) in [4.78, 5) is 22.2. The Morgan fingerprint density at radius 3 is 2.35 bits per heavy atom. The van der Waals surface area contributed by atoms with Crippen LogP contribution in [0.3, 0.4) is 0 Å². The number of carbonyl (C=O) groups excluding carboxylic acids is 1. The number of nitrogens with zero attached hydrogens (tertiary/aromatic N) is 4. The zero-order valence-electron chi connectivity index (χ0n) is 20.9. The number of rotatable bonds is 6. The predicted octanol–water partition coefficient (Wildman–Crippen LogP) is 5.27. The van der Waals surface area contributed by atoms with Gasteiger partial charge in [-0.05, 0) is 34.0 Å². The lowest BCUT2D eigenvalue weighted by Gasteiger charge is -2.34. The summed E-state index contributed by atoms with van der Waals surface area (Å²) < 4.78 is 2.33. The lowest BCUT2D eigenvalue weighted by molar-refractivity contribution is 0.132. The van der Waals surface area contributed by atoms with Gasteiger partial charge in [-0.3, -0.25) is 4.90 Å². The van der Waals surface area contributed by atoms with Crippen molar-refractivity contribution in [1.82, 2.24) is 24.7 Å². The number of para-hydroxylation sites is 2. The first-order chi connectivity index (χ1) is 18.2. The maximum atomic E-state index is 12.9. The maximum Gasteiger partial charge on any atom is 0.317 e. The van der Waals surface area contributed by atoms with Gasteiger partial charge in [0.15, 0.2) is 0 Å². The fourth-order valence-electron chi connectivity index (χ4n) is 5.23. The highest BCUT2D eigenvalue weighted by molar-refractivity contribution is 5.86. The van der Waals surface area contributed by atoms with Crippen LogP contribution >= 0.6 is 0 Å². The molecule has 0 unspecified atom stereocenters. The summed E-state index contributed by atoms with van der Waals surface area (Å²) >= 11 is 0. The van der Waals surface area contributed by atoms with Crippen LogP contribution in [0.4, 0.5) is 4.79 Å². The number of urea groups is 1. The van der Waals surface area contributed by atoms with E-state index in [1.165, 1.54) is 16.3 Å². The van der Waals surface area contributed by atoms with Crippen molar-refractivity contribution in [2.75, 3.05) is 26.2 Å². The molecule has 1 aromatic heterocycles. The lowest BCUT2D eigenvalue weighted by Crippen LogP contribution is -2.51. The van der Waals surface area contributed by atoms with Crippen LogP contribution in [0, 0.1) is 0 Å². The number of imidazole rings is 1. The Morgan fingerprint density at radius 1 is 0.757 bits per heavy atom. The Labute approximate surface area is 217 Å². The smallest absolute Gasteiger partial charge is 0.317 e. The van der Waals surface area contributed by atoms with Crippen molar-refractivity contribution in [3.8, 4) is 0 Å². The molecule has 1 fully saturated rings. The van der Waals surface area contributed by atoms with Crippen molar-refractivity contribution in [3.05, 3.63) is 114 Å². The third-order valence-electron chi connectivity index (χ3n) is 7.25. The molecule has 2 heterocycles. The molecule has 0 spiro atoms. The Kier molecular flexibility index (Phi) is 6.57. The molecular formula is C31H31N5O. The zero-order valence-corrected chi connectivity index (χ0v) is 20.9. The number of benzene rings is 4. The second-order valence-electron chi connectivity index (χ2n) is 9.65. The number of piperazine rings is 1. The maximum absolute atomic E-state index is 12.9. The molecular weight excluding hydrogens is 458 g/mol. The topological polar surface area (TPSA) is 53.4 Å². The standard InChI is InChI=1S/C31H31N5O/c37-31(32-21-26-13-8-12-25-11-4-5-14-27(25)26)35-19-17-34(18-20-35)23-30-33-28-15-6-7-16-29(28)36(30)22-24-9-2-1-3-10-24/h1-16H,17-23H2,(H,32,37). The summed E-state index contributed by atoms with van der Waals surface area (Å²) in [7, 11) is 0. The van der Waals surface area contributed by atoms with Crippen LogP contribution in [0.15, 0.2) is 97.1 Å². The van der Waals surface area contributed by atoms with Gasteiger partial charge in [-0.15, -0.1) is 0 Å². The summed E-state index contributed by atoms with van der Waals surface area (Å²) in [5.41, 5.74) is 4.59. The van der Waals surface area contributed by atoms with E-state index < -0.39 is 0 Å². The number of nitrogens with one attached hydrogen (secondary N) is 1. The van der Waals surface area contributed by atoms with Crippen LogP contribution in [0.25, 0.3) is 21.8 Å². The van der Waals surface area contributed by atoms with E-state index >= 15 is 0 Å². The van der Waals surface area contributed by atoms with Crippen LogP contribution in [-0.2, 0) is 19.6 Å². The molecule has 4 aromatic carbocycles. The molecule has 5 aromatic rings. The predicted molar refractivity (Wildman–Crippen MR) is 148 cm³/mol. The van der Waals surface area contributed by atoms with Crippen LogP contribution in [0.1, 0.15) is 17.0 Å². The molecule has 0 aliphatic carbocycles. The number of carbonyl (C=O) groups is 1. The van der Waals surface area contributed by atoms with E-state index in [0.29, 0.717) is 19.6 Å². The minimum Gasteiger partial charge on any atom is -0.334 e. The summed E-state index contributed by atoms with van der Waals surface area (Å²) in [6.07, 6.45) is 0.